The van der Waals surface area contributed by atoms with Crippen LogP contribution in [0.2, 0.25) is 0 Å². The number of rotatable bonds is 4. The molecule has 0 aliphatic heterocycles. The zero-order valence-electron chi connectivity index (χ0n) is 12.6. The summed E-state index contributed by atoms with van der Waals surface area (Å²) in [7, 11) is 1.79. The van der Waals surface area contributed by atoms with E-state index in [4.69, 9.17) is 4.42 Å². The van der Waals surface area contributed by atoms with Gasteiger partial charge in [0.15, 0.2) is 0 Å². The lowest BCUT2D eigenvalue weighted by molar-refractivity contribution is 0.0730. The summed E-state index contributed by atoms with van der Waals surface area (Å²) in [6.45, 7) is 3.83. The Morgan fingerprint density at radius 1 is 1.41 bits per heavy atom. The maximum atomic E-state index is 12.7. The Morgan fingerprint density at radius 2 is 2.23 bits per heavy atom. The van der Waals surface area contributed by atoms with Gasteiger partial charge in [-0.3, -0.25) is 4.79 Å². The van der Waals surface area contributed by atoms with Gasteiger partial charge in [-0.15, -0.1) is 11.3 Å². The zero-order chi connectivity index (χ0) is 15.7. The molecule has 0 aromatic carbocycles. The molecule has 0 radical (unpaired) electrons. The number of furan rings is 1. The highest BCUT2D eigenvalue weighted by molar-refractivity contribution is 7.17. The molecule has 0 saturated carbocycles. The van der Waals surface area contributed by atoms with E-state index in [0.29, 0.717) is 4.88 Å². The largest absolute Gasteiger partial charge is 0.467 e. The fourth-order valence-corrected chi connectivity index (χ4v) is 3.92. The molecule has 0 spiro atoms. The summed E-state index contributed by atoms with van der Waals surface area (Å²) in [5.74, 6) is 0.747. The van der Waals surface area contributed by atoms with E-state index in [0.717, 1.165) is 22.0 Å². The molecule has 3 heterocycles. The highest BCUT2D eigenvalue weighted by Gasteiger charge is 2.24. The minimum absolute atomic E-state index is 0.0274. The molecule has 3 aromatic heterocycles. The van der Waals surface area contributed by atoms with E-state index in [9.17, 15) is 4.79 Å². The van der Waals surface area contributed by atoms with Gasteiger partial charge < -0.3 is 9.32 Å². The molecule has 0 aliphatic rings. The molecule has 6 heteroatoms. The van der Waals surface area contributed by atoms with Crippen LogP contribution in [-0.2, 0) is 0 Å². The Bertz CT molecular complexity index is 760. The van der Waals surface area contributed by atoms with Crippen molar-refractivity contribution in [2.75, 3.05) is 7.05 Å². The second kappa shape index (κ2) is 6.06. The second-order valence-electron chi connectivity index (χ2n) is 5.05. The number of hydrogen-bond donors (Lipinski definition) is 0. The van der Waals surface area contributed by atoms with Crippen LogP contribution in [0.4, 0.5) is 0 Å². The maximum Gasteiger partial charge on any atom is 0.266 e. The van der Waals surface area contributed by atoms with Gasteiger partial charge in [-0.1, -0.05) is 0 Å². The molecule has 114 valence electrons. The molecule has 22 heavy (non-hydrogen) atoms. The fourth-order valence-electron chi connectivity index (χ4n) is 2.16. The minimum atomic E-state index is -0.117. The molecule has 0 fully saturated rings. The SMILES string of the molecule is Cc1nc(-c2ccsc2)sc1C(=O)N(C)C(C)c1ccco1. The van der Waals surface area contributed by atoms with Crippen LogP contribution in [0.5, 0.6) is 0 Å². The lowest BCUT2D eigenvalue weighted by Crippen LogP contribution is -2.29. The highest BCUT2D eigenvalue weighted by atomic mass is 32.1. The number of thiophene rings is 1. The van der Waals surface area contributed by atoms with Gasteiger partial charge in [-0.25, -0.2) is 4.98 Å². The highest BCUT2D eigenvalue weighted by Crippen LogP contribution is 2.31. The summed E-state index contributed by atoms with van der Waals surface area (Å²) in [6, 6.07) is 5.61. The van der Waals surface area contributed by atoms with E-state index in [-0.39, 0.29) is 11.9 Å². The molecular formula is C16H16N2O2S2. The summed E-state index contributed by atoms with van der Waals surface area (Å²) < 4.78 is 5.39. The van der Waals surface area contributed by atoms with Crippen molar-refractivity contribution < 1.29 is 9.21 Å². The van der Waals surface area contributed by atoms with Gasteiger partial charge in [0.05, 0.1) is 18.0 Å². The first-order chi connectivity index (χ1) is 10.6. The maximum absolute atomic E-state index is 12.7. The predicted octanol–water partition coefficient (Wildman–Crippen LogP) is 4.61. The summed E-state index contributed by atoms with van der Waals surface area (Å²) >= 11 is 3.07. The average Bonchev–Trinajstić information content (AvgIpc) is 3.25. The second-order valence-corrected chi connectivity index (χ2v) is 6.83. The average molecular weight is 332 g/mol. The van der Waals surface area contributed by atoms with Crippen molar-refractivity contribution in [3.05, 3.63) is 51.6 Å². The zero-order valence-corrected chi connectivity index (χ0v) is 14.2. The van der Waals surface area contributed by atoms with Crippen molar-refractivity contribution in [2.45, 2.75) is 19.9 Å². The van der Waals surface area contributed by atoms with Gasteiger partial charge in [0.1, 0.15) is 15.6 Å². The number of thiazole rings is 1. The van der Waals surface area contributed by atoms with Crippen LogP contribution in [0.1, 0.15) is 34.1 Å². The van der Waals surface area contributed by atoms with Crippen LogP contribution in [0.25, 0.3) is 10.6 Å². The van der Waals surface area contributed by atoms with E-state index >= 15 is 0 Å². The topological polar surface area (TPSA) is 46.3 Å². The van der Waals surface area contributed by atoms with E-state index in [1.54, 1.807) is 29.5 Å². The molecule has 0 bridgehead atoms. The van der Waals surface area contributed by atoms with Crippen molar-refractivity contribution in [1.29, 1.82) is 0 Å². The number of aromatic nitrogens is 1. The van der Waals surface area contributed by atoms with Crippen molar-refractivity contribution in [3.63, 3.8) is 0 Å². The Balaban J connectivity index is 1.86. The fraction of sp³-hybridized carbons (Fsp3) is 0.250. The third-order valence-corrected chi connectivity index (χ3v) is 5.49. The summed E-state index contributed by atoms with van der Waals surface area (Å²) in [5.41, 5.74) is 1.84. The number of carbonyl (C=O) groups is 1. The van der Waals surface area contributed by atoms with Crippen LogP contribution < -0.4 is 0 Å². The summed E-state index contributed by atoms with van der Waals surface area (Å²) in [5, 5.41) is 4.95. The van der Waals surface area contributed by atoms with E-state index in [1.165, 1.54) is 11.3 Å². The lowest BCUT2D eigenvalue weighted by atomic mass is 10.2. The Labute approximate surface area is 137 Å². The molecule has 1 unspecified atom stereocenters. The van der Waals surface area contributed by atoms with Crippen molar-refractivity contribution in [2.24, 2.45) is 0 Å². The number of carbonyl (C=O) groups excluding carboxylic acids is 1. The number of nitrogens with zero attached hydrogens (tertiary/aromatic N) is 2. The van der Waals surface area contributed by atoms with Gasteiger partial charge in [-0.05, 0) is 37.4 Å². The summed E-state index contributed by atoms with van der Waals surface area (Å²) in [4.78, 5) is 19.6. The molecule has 0 saturated heterocycles. The standard InChI is InChI=1S/C16H16N2O2S2/c1-10-14(22-15(17-10)12-6-8-21-9-12)16(19)18(3)11(2)13-5-4-7-20-13/h4-9,11H,1-3H3. The molecule has 3 aromatic rings. The van der Waals surface area contributed by atoms with Crippen LogP contribution >= 0.6 is 22.7 Å². The Kier molecular flexibility index (Phi) is 4.13. The van der Waals surface area contributed by atoms with Crippen LogP contribution in [0.15, 0.2) is 39.6 Å². The Hall–Kier alpha value is -1.92. The molecule has 1 atom stereocenters. The molecule has 0 aliphatic carbocycles. The van der Waals surface area contributed by atoms with Gasteiger partial charge in [0, 0.05) is 18.0 Å². The number of aryl methyl sites for hydroxylation is 1. The van der Waals surface area contributed by atoms with Gasteiger partial charge in [-0.2, -0.15) is 11.3 Å². The molecule has 0 N–H and O–H groups in total. The smallest absolute Gasteiger partial charge is 0.266 e. The van der Waals surface area contributed by atoms with Gasteiger partial charge in [0.2, 0.25) is 0 Å². The Morgan fingerprint density at radius 3 is 2.86 bits per heavy atom. The number of hydrogen-bond acceptors (Lipinski definition) is 5. The van der Waals surface area contributed by atoms with Gasteiger partial charge in [0.25, 0.3) is 5.91 Å². The van der Waals surface area contributed by atoms with E-state index in [2.05, 4.69) is 4.98 Å². The first-order valence-corrected chi connectivity index (χ1v) is 8.64. The molecule has 3 rings (SSSR count). The third kappa shape index (κ3) is 2.71. The number of amides is 1. The molecule has 1 amide bonds. The predicted molar refractivity (Wildman–Crippen MR) is 89.4 cm³/mol. The first-order valence-electron chi connectivity index (χ1n) is 6.88. The van der Waals surface area contributed by atoms with Crippen LogP contribution in [0, 0.1) is 6.92 Å². The third-order valence-electron chi connectivity index (χ3n) is 3.62. The van der Waals surface area contributed by atoms with Crippen molar-refractivity contribution in [1.82, 2.24) is 9.88 Å². The van der Waals surface area contributed by atoms with E-state index < -0.39 is 0 Å². The summed E-state index contributed by atoms with van der Waals surface area (Å²) in [6.07, 6.45) is 1.62. The quantitative estimate of drug-likeness (QED) is 0.701. The van der Waals surface area contributed by atoms with Crippen LogP contribution in [0.3, 0.4) is 0 Å². The van der Waals surface area contributed by atoms with E-state index in [1.807, 2.05) is 42.8 Å². The minimum Gasteiger partial charge on any atom is -0.467 e. The monoisotopic (exact) mass is 332 g/mol. The van der Waals surface area contributed by atoms with Crippen molar-refractivity contribution in [3.8, 4) is 10.6 Å². The molecular weight excluding hydrogens is 316 g/mol. The van der Waals surface area contributed by atoms with Crippen LogP contribution in [-0.4, -0.2) is 22.8 Å². The first kappa shape index (κ1) is 15.0. The lowest BCUT2D eigenvalue weighted by Gasteiger charge is -2.22. The normalized spacial score (nSPS) is 12.3. The van der Waals surface area contributed by atoms with Gasteiger partial charge >= 0.3 is 0 Å². The molecule has 4 nitrogen and oxygen atoms in total. The van der Waals surface area contributed by atoms with Crippen molar-refractivity contribution >= 4 is 28.6 Å².